The average Bonchev–Trinajstić information content (AvgIpc) is 2.36. The lowest BCUT2D eigenvalue weighted by atomic mass is 10.1. The number of hydrogen-bond donors (Lipinski definition) is 0. The normalized spacial score (nSPS) is 10.1. The SMILES string of the molecule is Cc1cccc(C)c1O[B]Oc1c(C)cccc1C. The maximum Gasteiger partial charge on any atom is 0.658 e. The molecule has 1 radical (unpaired) electrons. The largest absolute Gasteiger partial charge is 0.658 e. The minimum absolute atomic E-state index is 0.855. The van der Waals surface area contributed by atoms with Crippen LogP contribution in [-0.2, 0) is 0 Å². The van der Waals surface area contributed by atoms with Crippen LogP contribution in [0.2, 0.25) is 0 Å². The summed E-state index contributed by atoms with van der Waals surface area (Å²) in [6.07, 6.45) is 0. The smallest absolute Gasteiger partial charge is 0.526 e. The highest BCUT2D eigenvalue weighted by molar-refractivity contribution is 6.21. The highest BCUT2D eigenvalue weighted by Gasteiger charge is 2.09. The summed E-state index contributed by atoms with van der Waals surface area (Å²) in [5.74, 6) is 1.71. The fourth-order valence-electron chi connectivity index (χ4n) is 2.09. The first-order valence-corrected chi connectivity index (χ1v) is 6.37. The Balaban J connectivity index is 2.05. The van der Waals surface area contributed by atoms with Gasteiger partial charge in [0.05, 0.1) is 0 Å². The summed E-state index contributed by atoms with van der Waals surface area (Å²) >= 11 is 0. The van der Waals surface area contributed by atoms with Crippen molar-refractivity contribution < 1.29 is 9.31 Å². The third kappa shape index (κ3) is 3.11. The van der Waals surface area contributed by atoms with Crippen LogP contribution in [-0.4, -0.2) is 7.69 Å². The summed E-state index contributed by atoms with van der Waals surface area (Å²) in [7, 11) is 1.41. The molecule has 0 heterocycles. The molecular weight excluding hydrogens is 235 g/mol. The molecule has 0 atom stereocenters. The molecule has 3 heteroatoms. The Morgan fingerprint density at radius 2 is 0.947 bits per heavy atom. The van der Waals surface area contributed by atoms with Crippen LogP contribution in [0, 0.1) is 27.7 Å². The van der Waals surface area contributed by atoms with E-state index in [9.17, 15) is 0 Å². The summed E-state index contributed by atoms with van der Waals surface area (Å²) in [6.45, 7) is 8.09. The van der Waals surface area contributed by atoms with Crippen LogP contribution < -0.4 is 9.31 Å². The first kappa shape index (κ1) is 13.5. The summed E-state index contributed by atoms with van der Waals surface area (Å²) in [5.41, 5.74) is 4.39. The third-order valence-corrected chi connectivity index (χ3v) is 3.15. The Bertz CT molecular complexity index is 487. The molecule has 19 heavy (non-hydrogen) atoms. The predicted molar refractivity (Wildman–Crippen MR) is 78.8 cm³/mol. The van der Waals surface area contributed by atoms with E-state index in [4.69, 9.17) is 9.31 Å². The molecule has 0 aliphatic heterocycles. The predicted octanol–water partition coefficient (Wildman–Crippen LogP) is 3.91. The van der Waals surface area contributed by atoms with Crippen LogP contribution in [0.1, 0.15) is 22.3 Å². The maximum atomic E-state index is 5.63. The second-order valence-electron chi connectivity index (χ2n) is 4.77. The molecule has 2 nitrogen and oxygen atoms in total. The van der Waals surface area contributed by atoms with Gasteiger partial charge in [0, 0.05) is 0 Å². The van der Waals surface area contributed by atoms with E-state index in [0.29, 0.717) is 0 Å². The summed E-state index contributed by atoms with van der Waals surface area (Å²) in [6, 6.07) is 12.1. The number of para-hydroxylation sites is 2. The first-order valence-electron chi connectivity index (χ1n) is 6.37. The minimum atomic E-state index is 0.855. The number of benzene rings is 2. The fraction of sp³-hybridized carbons (Fsp3) is 0.250. The van der Waals surface area contributed by atoms with Gasteiger partial charge in [-0.15, -0.1) is 0 Å². The molecular formula is C16H18BO2. The Kier molecular flexibility index (Phi) is 4.15. The van der Waals surface area contributed by atoms with E-state index >= 15 is 0 Å². The topological polar surface area (TPSA) is 18.5 Å². The van der Waals surface area contributed by atoms with Gasteiger partial charge in [-0.25, -0.2) is 0 Å². The molecule has 0 saturated carbocycles. The average molecular weight is 253 g/mol. The van der Waals surface area contributed by atoms with Crippen LogP contribution in [0.15, 0.2) is 36.4 Å². The third-order valence-electron chi connectivity index (χ3n) is 3.15. The zero-order chi connectivity index (χ0) is 13.8. The molecule has 0 N–H and O–H groups in total. The van der Waals surface area contributed by atoms with Crippen molar-refractivity contribution in [1.82, 2.24) is 0 Å². The van der Waals surface area contributed by atoms with Crippen LogP contribution in [0.25, 0.3) is 0 Å². The lowest BCUT2D eigenvalue weighted by Gasteiger charge is -2.13. The van der Waals surface area contributed by atoms with Gasteiger partial charge in [-0.2, -0.15) is 0 Å². The Hall–Kier alpha value is -1.90. The Labute approximate surface area is 115 Å². The molecule has 2 aromatic rings. The molecule has 97 valence electrons. The van der Waals surface area contributed by atoms with Gasteiger partial charge in [-0.3, -0.25) is 0 Å². The molecule has 2 rings (SSSR count). The van der Waals surface area contributed by atoms with Crippen molar-refractivity contribution >= 4 is 7.69 Å². The first-order chi connectivity index (χ1) is 9.09. The van der Waals surface area contributed by atoms with Crippen molar-refractivity contribution in [2.24, 2.45) is 0 Å². The van der Waals surface area contributed by atoms with Crippen molar-refractivity contribution in [2.75, 3.05) is 0 Å². The van der Waals surface area contributed by atoms with Gasteiger partial charge < -0.3 is 9.31 Å². The van der Waals surface area contributed by atoms with E-state index in [1.807, 2.05) is 64.1 Å². The second-order valence-corrected chi connectivity index (χ2v) is 4.77. The Morgan fingerprint density at radius 1 is 0.632 bits per heavy atom. The van der Waals surface area contributed by atoms with Crippen molar-refractivity contribution in [3.63, 3.8) is 0 Å². The van der Waals surface area contributed by atoms with Crippen molar-refractivity contribution in [2.45, 2.75) is 27.7 Å². The number of rotatable bonds is 4. The van der Waals surface area contributed by atoms with Crippen molar-refractivity contribution in [3.8, 4) is 11.5 Å². The van der Waals surface area contributed by atoms with Gasteiger partial charge in [-0.05, 0) is 49.9 Å². The molecule has 0 fully saturated rings. The van der Waals surface area contributed by atoms with Crippen molar-refractivity contribution in [3.05, 3.63) is 58.7 Å². The van der Waals surface area contributed by atoms with Crippen LogP contribution in [0.4, 0.5) is 0 Å². The van der Waals surface area contributed by atoms with Crippen molar-refractivity contribution in [1.29, 1.82) is 0 Å². The molecule has 0 saturated heterocycles. The Morgan fingerprint density at radius 3 is 1.26 bits per heavy atom. The molecule has 0 unspecified atom stereocenters. The van der Waals surface area contributed by atoms with Crippen LogP contribution in [0.3, 0.4) is 0 Å². The van der Waals surface area contributed by atoms with E-state index in [1.54, 1.807) is 0 Å². The maximum absolute atomic E-state index is 5.63. The summed E-state index contributed by atoms with van der Waals surface area (Å²) < 4.78 is 11.3. The van der Waals surface area contributed by atoms with Crippen LogP contribution in [0.5, 0.6) is 11.5 Å². The van der Waals surface area contributed by atoms with E-state index in [2.05, 4.69) is 0 Å². The van der Waals surface area contributed by atoms with Gasteiger partial charge in [-0.1, -0.05) is 36.4 Å². The van der Waals surface area contributed by atoms with E-state index in [0.717, 1.165) is 33.8 Å². The number of hydrogen-bond acceptors (Lipinski definition) is 2. The quantitative estimate of drug-likeness (QED) is 0.769. The summed E-state index contributed by atoms with van der Waals surface area (Å²) in [5, 5.41) is 0. The molecule has 0 aliphatic carbocycles. The lowest BCUT2D eigenvalue weighted by Crippen LogP contribution is -2.13. The highest BCUT2D eigenvalue weighted by atomic mass is 16.6. The fourth-order valence-corrected chi connectivity index (χ4v) is 2.09. The van der Waals surface area contributed by atoms with Crippen LogP contribution >= 0.6 is 0 Å². The van der Waals surface area contributed by atoms with Gasteiger partial charge in [0.1, 0.15) is 11.5 Å². The molecule has 0 spiro atoms. The zero-order valence-electron chi connectivity index (χ0n) is 11.9. The standard InChI is InChI=1S/C16H18BO2/c1-11-7-5-8-12(2)15(11)18-17-19-16-13(3)9-6-10-14(16)4/h5-10H,1-4H3. The van der Waals surface area contributed by atoms with E-state index in [-0.39, 0.29) is 0 Å². The van der Waals surface area contributed by atoms with Gasteiger partial charge in [0.15, 0.2) is 0 Å². The lowest BCUT2D eigenvalue weighted by molar-refractivity contribution is 0.451. The molecule has 0 bridgehead atoms. The molecule has 2 aromatic carbocycles. The molecule has 0 aromatic heterocycles. The summed E-state index contributed by atoms with van der Waals surface area (Å²) in [4.78, 5) is 0. The van der Waals surface area contributed by atoms with E-state index in [1.165, 1.54) is 7.69 Å². The highest BCUT2D eigenvalue weighted by Crippen LogP contribution is 2.24. The zero-order valence-corrected chi connectivity index (χ0v) is 11.9. The molecule has 0 aliphatic rings. The second kappa shape index (κ2) is 5.83. The molecule has 0 amide bonds. The minimum Gasteiger partial charge on any atom is -0.526 e. The van der Waals surface area contributed by atoms with Gasteiger partial charge >= 0.3 is 7.69 Å². The van der Waals surface area contributed by atoms with Gasteiger partial charge in [0.25, 0.3) is 0 Å². The monoisotopic (exact) mass is 253 g/mol. The van der Waals surface area contributed by atoms with E-state index < -0.39 is 0 Å². The van der Waals surface area contributed by atoms with Gasteiger partial charge in [0.2, 0.25) is 0 Å². The number of aryl methyl sites for hydroxylation is 4.